The molecule has 3 rings (SSSR count). The molecule has 0 saturated heterocycles. The Bertz CT molecular complexity index is 1170. The predicted molar refractivity (Wildman–Crippen MR) is 115 cm³/mol. The molecule has 3 aromatic rings. The van der Waals surface area contributed by atoms with Gasteiger partial charge in [-0.25, -0.2) is 4.98 Å². The van der Waals surface area contributed by atoms with E-state index >= 15 is 0 Å². The molecule has 0 aliphatic rings. The first-order valence-corrected chi connectivity index (χ1v) is 10.4. The Kier molecular flexibility index (Phi) is 7.87. The van der Waals surface area contributed by atoms with Crippen LogP contribution in [-0.4, -0.2) is 39.6 Å². The van der Waals surface area contributed by atoms with Crippen LogP contribution in [-0.2, 0) is 35.6 Å². The third kappa shape index (κ3) is 6.53. The van der Waals surface area contributed by atoms with Gasteiger partial charge in [0.2, 0.25) is 11.8 Å². The van der Waals surface area contributed by atoms with Crippen LogP contribution < -0.4 is 9.47 Å². The molecule has 2 aromatic heterocycles. The molecule has 34 heavy (non-hydrogen) atoms. The lowest BCUT2D eigenvalue weighted by atomic mass is 10.1. The molecule has 0 amide bonds. The number of hydrogen-bond donors (Lipinski definition) is 1. The summed E-state index contributed by atoms with van der Waals surface area (Å²) in [6.07, 6.45) is -1.34. The SMILES string of the molecule is COC(=O)Cc1cn(C)nc1OCCCc1ccc(O)cc1Oc1ncc(C(F)(F)F)cc1Cl. The summed E-state index contributed by atoms with van der Waals surface area (Å²) in [6.45, 7) is 0.255. The average Bonchev–Trinajstić information content (AvgIpc) is 3.11. The summed E-state index contributed by atoms with van der Waals surface area (Å²) in [7, 11) is 3.00. The van der Waals surface area contributed by atoms with Crippen molar-refractivity contribution in [1.29, 1.82) is 0 Å². The van der Waals surface area contributed by atoms with Crippen LogP contribution in [0.2, 0.25) is 5.02 Å². The van der Waals surface area contributed by atoms with E-state index in [1.54, 1.807) is 19.3 Å². The zero-order valence-electron chi connectivity index (χ0n) is 18.2. The van der Waals surface area contributed by atoms with Crippen molar-refractivity contribution in [3.63, 3.8) is 0 Å². The Morgan fingerprint density at radius 2 is 1.97 bits per heavy atom. The lowest BCUT2D eigenvalue weighted by molar-refractivity contribution is -0.140. The molecule has 1 N–H and O–H groups in total. The van der Waals surface area contributed by atoms with Crippen LogP contribution in [0, 0.1) is 0 Å². The van der Waals surface area contributed by atoms with Gasteiger partial charge in [-0.15, -0.1) is 5.10 Å². The van der Waals surface area contributed by atoms with Gasteiger partial charge in [0.15, 0.2) is 0 Å². The number of methoxy groups -OCH3 is 1. The Morgan fingerprint density at radius 1 is 1.21 bits per heavy atom. The van der Waals surface area contributed by atoms with Gasteiger partial charge in [-0.2, -0.15) is 13.2 Å². The fourth-order valence-corrected chi connectivity index (χ4v) is 3.23. The highest BCUT2D eigenvalue weighted by molar-refractivity contribution is 6.31. The molecule has 1 aromatic carbocycles. The number of ether oxygens (including phenoxy) is 3. The number of esters is 1. The van der Waals surface area contributed by atoms with Crippen LogP contribution in [0.25, 0.3) is 0 Å². The average molecular weight is 500 g/mol. The van der Waals surface area contributed by atoms with Crippen molar-refractivity contribution in [2.24, 2.45) is 7.05 Å². The molecule has 2 heterocycles. The van der Waals surface area contributed by atoms with E-state index in [1.807, 2.05) is 0 Å². The number of benzene rings is 1. The summed E-state index contributed by atoms with van der Waals surface area (Å²) in [4.78, 5) is 15.2. The molecule has 0 aliphatic heterocycles. The van der Waals surface area contributed by atoms with Crippen LogP contribution >= 0.6 is 11.6 Å². The molecule has 0 bridgehead atoms. The molecule has 0 saturated carbocycles. The highest BCUT2D eigenvalue weighted by Crippen LogP contribution is 2.36. The lowest BCUT2D eigenvalue weighted by Crippen LogP contribution is -2.07. The van der Waals surface area contributed by atoms with Crippen molar-refractivity contribution in [3.8, 4) is 23.3 Å². The first-order valence-electron chi connectivity index (χ1n) is 10.0. The van der Waals surface area contributed by atoms with Crippen molar-refractivity contribution in [3.05, 3.63) is 58.4 Å². The summed E-state index contributed by atoms with van der Waals surface area (Å²) >= 11 is 5.92. The van der Waals surface area contributed by atoms with Gasteiger partial charge in [0.25, 0.3) is 0 Å². The van der Waals surface area contributed by atoms with E-state index in [1.165, 1.54) is 23.9 Å². The van der Waals surface area contributed by atoms with Crippen molar-refractivity contribution < 1.29 is 37.3 Å². The third-order valence-electron chi connectivity index (χ3n) is 4.65. The maximum absolute atomic E-state index is 12.8. The fraction of sp³-hybridized carbons (Fsp3) is 0.318. The number of nitrogens with zero attached hydrogens (tertiary/aromatic N) is 3. The minimum Gasteiger partial charge on any atom is -0.508 e. The minimum atomic E-state index is -4.59. The molecule has 0 unspecified atom stereocenters. The predicted octanol–water partition coefficient (Wildman–Crippen LogP) is 4.71. The normalized spacial score (nSPS) is 11.4. The first kappa shape index (κ1) is 25.2. The van der Waals surface area contributed by atoms with Gasteiger partial charge in [0.05, 0.1) is 25.7 Å². The molecular formula is C22H21ClF3N3O5. The first-order chi connectivity index (χ1) is 16.1. The topological polar surface area (TPSA) is 95.7 Å². The molecule has 0 spiro atoms. The minimum absolute atomic E-state index is 0.0243. The summed E-state index contributed by atoms with van der Waals surface area (Å²) < 4.78 is 56.0. The maximum Gasteiger partial charge on any atom is 0.417 e. The van der Waals surface area contributed by atoms with Crippen LogP contribution in [0.3, 0.4) is 0 Å². The fourth-order valence-electron chi connectivity index (χ4n) is 3.02. The van der Waals surface area contributed by atoms with Crippen molar-refractivity contribution in [1.82, 2.24) is 14.8 Å². The van der Waals surface area contributed by atoms with E-state index < -0.39 is 17.7 Å². The Labute approximate surface area is 197 Å². The molecule has 0 radical (unpaired) electrons. The smallest absolute Gasteiger partial charge is 0.417 e. The van der Waals surface area contributed by atoms with Crippen molar-refractivity contribution in [2.75, 3.05) is 13.7 Å². The zero-order chi connectivity index (χ0) is 24.9. The summed E-state index contributed by atoms with van der Waals surface area (Å²) in [6, 6.07) is 5.11. The standard InChI is InChI=1S/C22H21ClF3N3O5/c1-29-12-14(8-19(31)32-2)20(28-29)33-7-3-4-13-5-6-16(30)10-18(13)34-21-17(23)9-15(11-27-21)22(24,25)26/h5-6,9-12,30H,3-4,7-8H2,1-2H3. The van der Waals surface area contributed by atoms with Crippen LogP contribution in [0.15, 0.2) is 36.7 Å². The van der Waals surface area contributed by atoms with Gasteiger partial charge in [0, 0.05) is 31.1 Å². The van der Waals surface area contributed by atoms with Gasteiger partial charge >= 0.3 is 12.1 Å². The lowest BCUT2D eigenvalue weighted by Gasteiger charge is -2.13. The van der Waals surface area contributed by atoms with E-state index in [9.17, 15) is 23.1 Å². The van der Waals surface area contributed by atoms with Gasteiger partial charge in [-0.3, -0.25) is 9.48 Å². The number of hydrogen-bond acceptors (Lipinski definition) is 7. The van der Waals surface area contributed by atoms with E-state index in [-0.39, 0.29) is 35.4 Å². The van der Waals surface area contributed by atoms with Crippen LogP contribution in [0.1, 0.15) is 23.1 Å². The molecule has 0 atom stereocenters. The third-order valence-corrected chi connectivity index (χ3v) is 4.92. The highest BCUT2D eigenvalue weighted by atomic mass is 35.5. The number of phenols is 1. The number of pyridine rings is 1. The second kappa shape index (κ2) is 10.6. The van der Waals surface area contributed by atoms with Crippen LogP contribution in [0.5, 0.6) is 23.3 Å². The molecular weight excluding hydrogens is 479 g/mol. The number of alkyl halides is 3. The number of aromatic nitrogens is 3. The summed E-state index contributed by atoms with van der Waals surface area (Å²) in [5.41, 5.74) is 0.236. The Hall–Kier alpha value is -3.47. The van der Waals surface area contributed by atoms with Gasteiger partial charge in [-0.05, 0) is 30.5 Å². The van der Waals surface area contributed by atoms with E-state index in [4.69, 9.17) is 21.1 Å². The van der Waals surface area contributed by atoms with Crippen molar-refractivity contribution >= 4 is 17.6 Å². The Morgan fingerprint density at radius 3 is 2.65 bits per heavy atom. The summed E-state index contributed by atoms with van der Waals surface area (Å²) in [5, 5.41) is 13.7. The van der Waals surface area contributed by atoms with E-state index in [0.717, 1.165) is 6.07 Å². The van der Waals surface area contributed by atoms with Gasteiger partial charge in [0.1, 0.15) is 16.5 Å². The molecule has 8 nitrogen and oxygen atoms in total. The van der Waals surface area contributed by atoms with E-state index in [2.05, 4.69) is 14.8 Å². The maximum atomic E-state index is 12.8. The number of rotatable bonds is 9. The number of carbonyl (C=O) groups is 1. The quantitative estimate of drug-likeness (QED) is 0.336. The summed E-state index contributed by atoms with van der Waals surface area (Å²) in [5.74, 6) is -0.230. The van der Waals surface area contributed by atoms with E-state index in [0.29, 0.717) is 36.0 Å². The zero-order valence-corrected chi connectivity index (χ0v) is 19.0. The molecule has 0 aliphatic carbocycles. The van der Waals surface area contributed by atoms with Gasteiger partial charge < -0.3 is 19.3 Å². The highest BCUT2D eigenvalue weighted by Gasteiger charge is 2.32. The number of halogens is 4. The molecule has 182 valence electrons. The molecule has 0 fully saturated rings. The Balaban J connectivity index is 1.66. The number of aromatic hydroxyl groups is 1. The molecule has 12 heteroatoms. The number of aryl methyl sites for hydroxylation is 2. The van der Waals surface area contributed by atoms with Gasteiger partial charge in [-0.1, -0.05) is 17.7 Å². The number of carbonyl (C=O) groups excluding carboxylic acids is 1. The monoisotopic (exact) mass is 499 g/mol. The number of phenolic OH excluding ortho intramolecular Hbond substituents is 1. The van der Waals surface area contributed by atoms with Crippen molar-refractivity contribution in [2.45, 2.75) is 25.4 Å². The van der Waals surface area contributed by atoms with Crippen LogP contribution in [0.4, 0.5) is 13.2 Å². The second-order valence-electron chi connectivity index (χ2n) is 7.24. The second-order valence-corrected chi connectivity index (χ2v) is 7.65. The largest absolute Gasteiger partial charge is 0.508 e.